The molecule has 0 aliphatic heterocycles. The van der Waals surface area contributed by atoms with E-state index in [2.05, 4.69) is 14.5 Å². The topological polar surface area (TPSA) is 66.0 Å². The van der Waals surface area contributed by atoms with Gasteiger partial charge in [0, 0.05) is 26.0 Å². The molecule has 1 atom stereocenters. The highest BCUT2D eigenvalue weighted by atomic mass is 16.5. The minimum atomic E-state index is -0.0836. The number of nitrogens with zero attached hydrogens (tertiary/aromatic N) is 3. The van der Waals surface area contributed by atoms with Crippen LogP contribution in [-0.2, 0) is 4.74 Å². The standard InChI is InChI=1S/C13H18N4O/c1-18-8-6-10(14)12-16-11-3-2-7-15-13(11)17(12)9-4-5-9/h2-3,7,9-10H,4-6,8,14H2,1H3. The summed E-state index contributed by atoms with van der Waals surface area (Å²) in [5.74, 6) is 0.947. The Morgan fingerprint density at radius 1 is 1.56 bits per heavy atom. The van der Waals surface area contributed by atoms with Crippen LogP contribution >= 0.6 is 0 Å². The summed E-state index contributed by atoms with van der Waals surface area (Å²) >= 11 is 0. The maximum atomic E-state index is 6.22. The molecule has 2 heterocycles. The van der Waals surface area contributed by atoms with Crippen LogP contribution in [0.4, 0.5) is 0 Å². The Hall–Kier alpha value is -1.46. The number of methoxy groups -OCH3 is 1. The van der Waals surface area contributed by atoms with E-state index < -0.39 is 0 Å². The molecule has 1 fully saturated rings. The summed E-state index contributed by atoms with van der Waals surface area (Å²) in [6, 6.07) is 4.36. The molecule has 2 N–H and O–H groups in total. The van der Waals surface area contributed by atoms with Crippen molar-refractivity contribution in [3.8, 4) is 0 Å². The molecule has 0 radical (unpaired) electrons. The van der Waals surface area contributed by atoms with Crippen molar-refractivity contribution in [2.24, 2.45) is 5.73 Å². The third-order valence-electron chi connectivity index (χ3n) is 3.35. The number of fused-ring (bicyclic) bond motifs is 1. The maximum absolute atomic E-state index is 6.22. The molecule has 96 valence electrons. The molecule has 3 rings (SSSR count). The van der Waals surface area contributed by atoms with Gasteiger partial charge >= 0.3 is 0 Å². The molecule has 0 saturated heterocycles. The van der Waals surface area contributed by atoms with Crippen LogP contribution in [0.1, 0.15) is 37.2 Å². The minimum Gasteiger partial charge on any atom is -0.385 e. The number of hydrogen-bond donors (Lipinski definition) is 1. The first-order valence-electron chi connectivity index (χ1n) is 6.38. The fourth-order valence-corrected chi connectivity index (χ4v) is 2.28. The molecule has 1 aliphatic rings. The van der Waals surface area contributed by atoms with Crippen LogP contribution in [0.25, 0.3) is 11.2 Å². The lowest BCUT2D eigenvalue weighted by molar-refractivity contribution is 0.186. The molecule has 18 heavy (non-hydrogen) atoms. The fraction of sp³-hybridized carbons (Fsp3) is 0.538. The first kappa shape index (κ1) is 11.6. The number of nitrogens with two attached hydrogens (primary N) is 1. The van der Waals surface area contributed by atoms with Gasteiger partial charge in [-0.1, -0.05) is 0 Å². The van der Waals surface area contributed by atoms with E-state index in [9.17, 15) is 0 Å². The van der Waals surface area contributed by atoms with Crippen LogP contribution < -0.4 is 5.73 Å². The van der Waals surface area contributed by atoms with E-state index in [4.69, 9.17) is 10.5 Å². The number of imidazole rings is 1. The van der Waals surface area contributed by atoms with Crippen molar-refractivity contribution in [3.05, 3.63) is 24.2 Å². The van der Waals surface area contributed by atoms with Crippen molar-refractivity contribution in [2.75, 3.05) is 13.7 Å². The van der Waals surface area contributed by atoms with E-state index in [-0.39, 0.29) is 6.04 Å². The van der Waals surface area contributed by atoms with Crippen molar-refractivity contribution < 1.29 is 4.74 Å². The molecule has 1 unspecified atom stereocenters. The molecule has 2 aromatic heterocycles. The Kier molecular flexibility index (Phi) is 3.01. The van der Waals surface area contributed by atoms with E-state index in [1.54, 1.807) is 7.11 Å². The highest BCUT2D eigenvalue weighted by Gasteiger charge is 2.30. The zero-order valence-corrected chi connectivity index (χ0v) is 10.5. The second-order valence-electron chi connectivity index (χ2n) is 4.81. The first-order valence-corrected chi connectivity index (χ1v) is 6.38. The Bertz CT molecular complexity index is 547. The SMILES string of the molecule is COCCC(N)c1nc2cccnc2n1C1CC1. The van der Waals surface area contributed by atoms with E-state index in [0.717, 1.165) is 23.4 Å². The summed E-state index contributed by atoms with van der Waals surface area (Å²) in [5.41, 5.74) is 8.12. The predicted molar refractivity (Wildman–Crippen MR) is 69.2 cm³/mol. The molecule has 0 amide bonds. The Morgan fingerprint density at radius 3 is 3.11 bits per heavy atom. The van der Waals surface area contributed by atoms with Crippen molar-refractivity contribution in [1.29, 1.82) is 0 Å². The lowest BCUT2D eigenvalue weighted by Crippen LogP contribution is -2.18. The summed E-state index contributed by atoms with van der Waals surface area (Å²) < 4.78 is 7.31. The van der Waals surface area contributed by atoms with Crippen LogP contribution in [0.2, 0.25) is 0 Å². The van der Waals surface area contributed by atoms with Gasteiger partial charge < -0.3 is 15.0 Å². The normalized spacial score (nSPS) is 17.2. The highest BCUT2D eigenvalue weighted by molar-refractivity contribution is 5.71. The van der Waals surface area contributed by atoms with Gasteiger partial charge in [0.05, 0.1) is 6.04 Å². The molecular formula is C13H18N4O. The molecule has 1 saturated carbocycles. The maximum Gasteiger partial charge on any atom is 0.160 e. The second kappa shape index (κ2) is 4.66. The van der Waals surface area contributed by atoms with Crippen molar-refractivity contribution in [2.45, 2.75) is 31.3 Å². The number of pyridine rings is 1. The lowest BCUT2D eigenvalue weighted by atomic mass is 10.2. The number of ether oxygens (including phenoxy) is 1. The summed E-state index contributed by atoms with van der Waals surface area (Å²) in [7, 11) is 1.69. The van der Waals surface area contributed by atoms with Gasteiger partial charge in [-0.05, 0) is 31.4 Å². The summed E-state index contributed by atoms with van der Waals surface area (Å²) in [6.45, 7) is 0.655. The zero-order valence-electron chi connectivity index (χ0n) is 10.5. The third-order valence-corrected chi connectivity index (χ3v) is 3.35. The summed E-state index contributed by atoms with van der Waals surface area (Å²) in [5, 5.41) is 0. The molecule has 1 aliphatic carbocycles. The van der Waals surface area contributed by atoms with Gasteiger partial charge in [0.25, 0.3) is 0 Å². The van der Waals surface area contributed by atoms with Gasteiger partial charge in [0.1, 0.15) is 11.3 Å². The molecule has 0 bridgehead atoms. The Balaban J connectivity index is 2.01. The van der Waals surface area contributed by atoms with Gasteiger partial charge in [-0.15, -0.1) is 0 Å². The molecule has 5 heteroatoms. The number of rotatable bonds is 5. The van der Waals surface area contributed by atoms with Crippen LogP contribution in [0.3, 0.4) is 0 Å². The molecular weight excluding hydrogens is 228 g/mol. The molecule has 0 spiro atoms. The second-order valence-corrected chi connectivity index (χ2v) is 4.81. The van der Waals surface area contributed by atoms with Gasteiger partial charge in [-0.25, -0.2) is 9.97 Å². The van der Waals surface area contributed by atoms with Gasteiger partial charge in [-0.3, -0.25) is 0 Å². The third kappa shape index (κ3) is 2.00. The lowest BCUT2D eigenvalue weighted by Gasteiger charge is -2.13. The zero-order chi connectivity index (χ0) is 12.5. The monoisotopic (exact) mass is 246 g/mol. The van der Waals surface area contributed by atoms with Crippen LogP contribution in [0.5, 0.6) is 0 Å². The molecule has 5 nitrogen and oxygen atoms in total. The summed E-state index contributed by atoms with van der Waals surface area (Å²) in [4.78, 5) is 9.09. The van der Waals surface area contributed by atoms with Gasteiger partial charge in [-0.2, -0.15) is 0 Å². The minimum absolute atomic E-state index is 0.0836. The van der Waals surface area contributed by atoms with Crippen molar-refractivity contribution >= 4 is 11.2 Å². The highest BCUT2D eigenvalue weighted by Crippen LogP contribution is 2.39. The van der Waals surface area contributed by atoms with E-state index in [1.807, 2.05) is 18.3 Å². The first-order chi connectivity index (χ1) is 8.81. The van der Waals surface area contributed by atoms with Crippen molar-refractivity contribution in [3.63, 3.8) is 0 Å². The smallest absolute Gasteiger partial charge is 0.160 e. The average Bonchev–Trinajstić information content (AvgIpc) is 3.15. The van der Waals surface area contributed by atoms with Crippen LogP contribution in [-0.4, -0.2) is 28.3 Å². The van der Waals surface area contributed by atoms with E-state index in [1.165, 1.54) is 12.8 Å². The van der Waals surface area contributed by atoms with Crippen molar-refractivity contribution in [1.82, 2.24) is 14.5 Å². The van der Waals surface area contributed by atoms with Crippen LogP contribution in [0.15, 0.2) is 18.3 Å². The fourth-order valence-electron chi connectivity index (χ4n) is 2.28. The number of aromatic nitrogens is 3. The van der Waals surface area contributed by atoms with Crippen LogP contribution in [0, 0.1) is 0 Å². The van der Waals surface area contributed by atoms with E-state index in [0.29, 0.717) is 12.6 Å². The molecule has 2 aromatic rings. The summed E-state index contributed by atoms with van der Waals surface area (Å²) in [6.07, 6.45) is 5.00. The average molecular weight is 246 g/mol. The number of hydrogen-bond acceptors (Lipinski definition) is 4. The van der Waals surface area contributed by atoms with E-state index >= 15 is 0 Å². The Labute approximate surface area is 106 Å². The predicted octanol–water partition coefficient (Wildman–Crippen LogP) is 1.80. The molecule has 0 aromatic carbocycles. The Morgan fingerprint density at radius 2 is 2.39 bits per heavy atom. The largest absolute Gasteiger partial charge is 0.385 e. The van der Waals surface area contributed by atoms with Gasteiger partial charge in [0.15, 0.2) is 5.65 Å². The quantitative estimate of drug-likeness (QED) is 0.873. The van der Waals surface area contributed by atoms with Gasteiger partial charge in [0.2, 0.25) is 0 Å².